The van der Waals surface area contributed by atoms with E-state index in [-0.39, 0.29) is 11.6 Å². The van der Waals surface area contributed by atoms with Gasteiger partial charge in [-0.2, -0.15) is 0 Å². The van der Waals surface area contributed by atoms with Crippen molar-refractivity contribution >= 4 is 17.6 Å². The lowest BCUT2D eigenvalue weighted by atomic mass is 10.0. The molecular weight excluding hydrogens is 721 g/mol. The average molecular weight is 760 g/mol. The van der Waals surface area contributed by atoms with Crippen molar-refractivity contribution in [2.24, 2.45) is 0 Å². The number of aromatic amines is 1. The molecule has 0 radical (unpaired) electrons. The second-order valence-electron chi connectivity index (χ2n) is 12.7. The van der Waals surface area contributed by atoms with Gasteiger partial charge in [0.1, 0.15) is 17.5 Å². The Morgan fingerprint density at radius 3 is 1.51 bits per heavy atom. The summed E-state index contributed by atoms with van der Waals surface area (Å²) in [6.45, 7) is 2.13. The van der Waals surface area contributed by atoms with Crippen LogP contribution in [0.4, 0.5) is 26.4 Å². The van der Waals surface area contributed by atoms with Gasteiger partial charge in [-0.1, -0.05) is 42.5 Å². The Hall–Kier alpha value is -7.41. The first kappa shape index (κ1) is 37.9. The molecule has 0 aliphatic heterocycles. The Balaban J connectivity index is 0.000000174. The van der Waals surface area contributed by atoms with E-state index in [1.807, 2.05) is 60.8 Å². The van der Waals surface area contributed by atoms with E-state index in [0.717, 1.165) is 82.2 Å². The van der Waals surface area contributed by atoms with E-state index in [0.29, 0.717) is 18.4 Å². The molecule has 3 aromatic carbocycles. The van der Waals surface area contributed by atoms with Crippen LogP contribution in [0.5, 0.6) is 0 Å². The van der Waals surface area contributed by atoms with Crippen molar-refractivity contribution in [3.8, 4) is 44.8 Å². The van der Waals surface area contributed by atoms with Gasteiger partial charge in [0.05, 0.1) is 11.4 Å². The van der Waals surface area contributed by atoms with Crippen LogP contribution in [0.25, 0.3) is 44.8 Å². The predicted octanol–water partition coefficient (Wildman–Crippen LogP) is 8.98. The monoisotopic (exact) mass is 759 g/mol. The van der Waals surface area contributed by atoms with Gasteiger partial charge in [-0.3, -0.25) is 9.97 Å². The van der Waals surface area contributed by atoms with Gasteiger partial charge in [0.15, 0.2) is 0 Å². The number of H-pyrrole nitrogens is 1. The number of anilines is 3. The molecule has 0 spiro atoms. The van der Waals surface area contributed by atoms with Gasteiger partial charge in [-0.25, -0.2) is 33.7 Å². The molecule has 0 unspecified atom stereocenters. The number of imidazole rings is 1. The van der Waals surface area contributed by atoms with Crippen molar-refractivity contribution in [1.29, 1.82) is 0 Å². The van der Waals surface area contributed by atoms with Gasteiger partial charge in [0, 0.05) is 104 Å². The number of aromatic nitrogens is 8. The van der Waals surface area contributed by atoms with Crippen LogP contribution in [0, 0.1) is 11.6 Å². The third-order valence-electron chi connectivity index (χ3n) is 8.73. The van der Waals surface area contributed by atoms with Crippen molar-refractivity contribution in [2.75, 3.05) is 35.6 Å². The van der Waals surface area contributed by atoms with E-state index >= 15 is 0 Å². The van der Waals surface area contributed by atoms with Gasteiger partial charge in [0.25, 0.3) is 0 Å². The largest absolute Gasteiger partial charge is 0.383 e. The topological polar surface area (TPSA) is 142 Å². The molecule has 8 rings (SSSR count). The standard InChI is InChI=1S/C23H20FN5.C21H19FN6/c24-19-8-6-17(7-9-19)21-16-28-23(29-22(21)18-10-12-25-13-11-18)27-15-14-26-20-4-2-1-3-5-20;22-17-5-3-15(4-6-17)18-14-27-21(26-9-1-2-19-24-12-13-25-19)28-20(18)16-7-10-23-11-8-16/h1-13,16,26H,14-15H2,(H,27,28,29);3-8,10-14H,1-2,9H2,(H,24,25)(H,26,27,28). The number of hydrogen-bond acceptors (Lipinski definition) is 10. The highest BCUT2D eigenvalue weighted by molar-refractivity contribution is 5.81. The van der Waals surface area contributed by atoms with Crippen LogP contribution in [0.2, 0.25) is 0 Å². The van der Waals surface area contributed by atoms with Crippen LogP contribution in [-0.4, -0.2) is 59.5 Å². The number of rotatable bonds is 14. The van der Waals surface area contributed by atoms with Gasteiger partial charge >= 0.3 is 0 Å². The first-order chi connectivity index (χ1) is 28.1. The predicted molar refractivity (Wildman–Crippen MR) is 220 cm³/mol. The Bertz CT molecular complexity index is 2420. The average Bonchev–Trinajstić information content (AvgIpc) is 3.80. The molecule has 4 N–H and O–H groups in total. The number of hydrogen-bond donors (Lipinski definition) is 4. The molecule has 8 aromatic rings. The summed E-state index contributed by atoms with van der Waals surface area (Å²) in [6.07, 6.45) is 15.8. The third kappa shape index (κ3) is 10.6. The maximum Gasteiger partial charge on any atom is 0.223 e. The second-order valence-corrected chi connectivity index (χ2v) is 12.7. The van der Waals surface area contributed by atoms with E-state index in [1.165, 1.54) is 24.3 Å². The van der Waals surface area contributed by atoms with Crippen molar-refractivity contribution in [3.05, 3.63) is 170 Å². The van der Waals surface area contributed by atoms with Crippen molar-refractivity contribution in [1.82, 2.24) is 39.9 Å². The molecule has 11 nitrogen and oxygen atoms in total. The molecule has 0 amide bonds. The normalized spacial score (nSPS) is 10.6. The van der Waals surface area contributed by atoms with Crippen LogP contribution in [-0.2, 0) is 6.42 Å². The van der Waals surface area contributed by atoms with Gasteiger partial charge in [-0.15, -0.1) is 0 Å². The summed E-state index contributed by atoms with van der Waals surface area (Å²) < 4.78 is 26.6. The SMILES string of the molecule is Fc1ccc(-c2cnc(NCCCc3ncc[nH]3)nc2-c2ccncc2)cc1.Fc1ccc(-c2cnc(NCCNc3ccccc3)nc2-c2ccncc2)cc1. The Kier molecular flexibility index (Phi) is 12.8. The maximum atomic E-state index is 13.3. The van der Waals surface area contributed by atoms with Crippen molar-refractivity contribution in [2.45, 2.75) is 12.8 Å². The van der Waals surface area contributed by atoms with Crippen LogP contribution >= 0.6 is 0 Å². The molecule has 0 aliphatic rings. The zero-order valence-corrected chi connectivity index (χ0v) is 30.9. The van der Waals surface area contributed by atoms with E-state index in [1.54, 1.807) is 67.6 Å². The number of aryl methyl sites for hydroxylation is 1. The quantitative estimate of drug-likeness (QED) is 0.0794. The van der Waals surface area contributed by atoms with Crippen molar-refractivity contribution in [3.63, 3.8) is 0 Å². The minimum atomic E-state index is -0.274. The van der Waals surface area contributed by atoms with E-state index < -0.39 is 0 Å². The summed E-state index contributed by atoms with van der Waals surface area (Å²) in [4.78, 5) is 33.8. The summed E-state index contributed by atoms with van der Waals surface area (Å²) in [6, 6.07) is 30.3. The molecule has 0 fully saturated rings. The number of benzene rings is 3. The van der Waals surface area contributed by atoms with Crippen LogP contribution < -0.4 is 16.0 Å². The Morgan fingerprint density at radius 2 is 1.00 bits per heavy atom. The number of nitrogens with zero attached hydrogens (tertiary/aromatic N) is 7. The third-order valence-corrected chi connectivity index (χ3v) is 8.73. The highest BCUT2D eigenvalue weighted by Crippen LogP contribution is 2.32. The molecule has 57 heavy (non-hydrogen) atoms. The van der Waals surface area contributed by atoms with Crippen LogP contribution in [0.15, 0.2) is 153 Å². The number of pyridine rings is 2. The van der Waals surface area contributed by atoms with E-state index in [2.05, 4.69) is 45.9 Å². The number of halogens is 2. The highest BCUT2D eigenvalue weighted by Gasteiger charge is 2.14. The van der Waals surface area contributed by atoms with E-state index in [4.69, 9.17) is 9.97 Å². The fourth-order valence-corrected chi connectivity index (χ4v) is 5.90. The second kappa shape index (κ2) is 19.3. The van der Waals surface area contributed by atoms with Gasteiger partial charge in [0.2, 0.25) is 11.9 Å². The highest BCUT2D eigenvalue weighted by atomic mass is 19.1. The molecular formula is C44H39F2N11. The summed E-state index contributed by atoms with van der Waals surface area (Å²) in [5.41, 5.74) is 7.86. The molecule has 13 heteroatoms. The number of nitrogens with one attached hydrogen (secondary N) is 4. The first-order valence-electron chi connectivity index (χ1n) is 18.4. The lowest BCUT2D eigenvalue weighted by molar-refractivity contribution is 0.627. The van der Waals surface area contributed by atoms with Crippen LogP contribution in [0.1, 0.15) is 12.2 Å². The lowest BCUT2D eigenvalue weighted by Crippen LogP contribution is -2.15. The minimum Gasteiger partial charge on any atom is -0.383 e. The fourth-order valence-electron chi connectivity index (χ4n) is 5.90. The van der Waals surface area contributed by atoms with Gasteiger partial charge in [-0.05, 0) is 78.2 Å². The molecule has 0 saturated carbocycles. The fraction of sp³-hybridized carbons (Fsp3) is 0.114. The smallest absolute Gasteiger partial charge is 0.223 e. The molecule has 0 atom stereocenters. The minimum absolute atomic E-state index is 0.273. The summed E-state index contributed by atoms with van der Waals surface area (Å²) in [5.74, 6) is 1.51. The van der Waals surface area contributed by atoms with Gasteiger partial charge < -0.3 is 20.9 Å². The molecule has 5 aromatic heterocycles. The molecule has 0 aliphatic carbocycles. The molecule has 284 valence electrons. The van der Waals surface area contributed by atoms with Crippen LogP contribution in [0.3, 0.4) is 0 Å². The first-order valence-corrected chi connectivity index (χ1v) is 18.4. The zero-order chi connectivity index (χ0) is 39.1. The summed E-state index contributed by atoms with van der Waals surface area (Å²) in [7, 11) is 0. The Morgan fingerprint density at radius 1 is 0.491 bits per heavy atom. The lowest BCUT2D eigenvalue weighted by Gasteiger charge is -2.12. The maximum absolute atomic E-state index is 13.3. The Labute approximate surface area is 328 Å². The molecule has 0 bridgehead atoms. The summed E-state index contributed by atoms with van der Waals surface area (Å²) in [5, 5.41) is 9.86. The zero-order valence-electron chi connectivity index (χ0n) is 30.9. The molecule has 5 heterocycles. The van der Waals surface area contributed by atoms with E-state index in [9.17, 15) is 8.78 Å². The number of para-hydroxylation sites is 1. The molecule has 0 saturated heterocycles. The summed E-state index contributed by atoms with van der Waals surface area (Å²) >= 11 is 0. The van der Waals surface area contributed by atoms with Crippen molar-refractivity contribution < 1.29 is 8.78 Å².